The quantitative estimate of drug-likeness (QED) is 0.523. The van der Waals surface area contributed by atoms with Crippen LogP contribution in [0.3, 0.4) is 0 Å². The second-order valence-electron chi connectivity index (χ2n) is 2.99. The Kier molecular flexibility index (Phi) is 1.53. The zero-order valence-corrected chi connectivity index (χ0v) is 6.57. The predicted octanol–water partition coefficient (Wildman–Crippen LogP) is 1.05. The van der Waals surface area contributed by atoms with Gasteiger partial charge in [-0.2, -0.15) is 0 Å². The number of hydrogen-bond donors (Lipinski definition) is 2. The monoisotopic (exact) mass is 162 g/mol. The maximum Gasteiger partial charge on any atom is 0.210 e. The van der Waals surface area contributed by atoms with Crippen LogP contribution in [0.15, 0.2) is 47.6 Å². The predicted molar refractivity (Wildman–Crippen MR) is 46.2 cm³/mol. The molecule has 2 N–H and O–H groups in total. The highest BCUT2D eigenvalue weighted by Gasteiger charge is 2.29. The van der Waals surface area contributed by atoms with Gasteiger partial charge in [-0.15, -0.1) is 0 Å². The van der Waals surface area contributed by atoms with E-state index >= 15 is 0 Å². The molecule has 0 aliphatic heterocycles. The molecule has 0 aromatic rings. The molecule has 0 amide bonds. The van der Waals surface area contributed by atoms with E-state index in [4.69, 9.17) is 0 Å². The fourth-order valence-corrected chi connectivity index (χ4v) is 1.48. The van der Waals surface area contributed by atoms with Gasteiger partial charge in [-0.1, -0.05) is 30.4 Å². The average molecular weight is 162 g/mol. The Labute approximate surface area is 70.8 Å². The molecule has 0 saturated carbocycles. The third kappa shape index (κ3) is 1.05. The van der Waals surface area contributed by atoms with Crippen LogP contribution in [0, 0.1) is 0 Å². The van der Waals surface area contributed by atoms with Gasteiger partial charge in [0.25, 0.3) is 0 Å². The van der Waals surface area contributed by atoms with E-state index in [0.29, 0.717) is 5.57 Å². The van der Waals surface area contributed by atoms with E-state index < -0.39 is 5.79 Å². The summed E-state index contributed by atoms with van der Waals surface area (Å²) in [5.74, 6) is -1.77. The fourth-order valence-electron chi connectivity index (χ4n) is 1.48. The van der Waals surface area contributed by atoms with Gasteiger partial charge in [-0.3, -0.25) is 0 Å². The molecular weight excluding hydrogens is 152 g/mol. The maximum atomic E-state index is 9.50. The molecule has 0 saturated heterocycles. The van der Waals surface area contributed by atoms with Gasteiger partial charge in [-0.05, 0) is 18.1 Å². The van der Waals surface area contributed by atoms with Gasteiger partial charge in [0.2, 0.25) is 5.79 Å². The molecule has 2 aliphatic carbocycles. The lowest BCUT2D eigenvalue weighted by Gasteiger charge is -2.27. The van der Waals surface area contributed by atoms with E-state index in [1.807, 2.05) is 18.2 Å². The van der Waals surface area contributed by atoms with E-state index in [9.17, 15) is 10.2 Å². The topological polar surface area (TPSA) is 40.5 Å². The molecule has 0 atom stereocenters. The molecule has 0 aromatic carbocycles. The Morgan fingerprint density at radius 3 is 2.75 bits per heavy atom. The summed E-state index contributed by atoms with van der Waals surface area (Å²) in [6.07, 6.45) is 11.3. The van der Waals surface area contributed by atoms with Crippen molar-refractivity contribution in [3.63, 3.8) is 0 Å². The lowest BCUT2D eigenvalue weighted by atomic mass is 9.88. The average Bonchev–Trinajstić information content (AvgIpc) is 2.04. The molecular formula is C10H10O2. The molecule has 62 valence electrons. The van der Waals surface area contributed by atoms with Crippen LogP contribution in [0.5, 0.6) is 0 Å². The summed E-state index contributed by atoms with van der Waals surface area (Å²) in [6.45, 7) is 0. The molecule has 0 aromatic heterocycles. The SMILES string of the molecule is OC1(O)C=CC=C2CC=CC=C21. The van der Waals surface area contributed by atoms with Crippen LogP contribution < -0.4 is 0 Å². The van der Waals surface area contributed by atoms with Crippen molar-refractivity contribution < 1.29 is 10.2 Å². The molecule has 0 radical (unpaired) electrons. The van der Waals surface area contributed by atoms with Crippen molar-refractivity contribution in [1.82, 2.24) is 0 Å². The molecule has 2 rings (SSSR count). The van der Waals surface area contributed by atoms with Gasteiger partial charge in [0.1, 0.15) is 0 Å². The summed E-state index contributed by atoms with van der Waals surface area (Å²) in [4.78, 5) is 0. The molecule has 2 aliphatic rings. The second-order valence-corrected chi connectivity index (χ2v) is 2.99. The summed E-state index contributed by atoms with van der Waals surface area (Å²) in [7, 11) is 0. The molecule has 0 fully saturated rings. The van der Waals surface area contributed by atoms with Gasteiger partial charge in [0.05, 0.1) is 0 Å². The first kappa shape index (κ1) is 7.53. The smallest absolute Gasteiger partial charge is 0.210 e. The lowest BCUT2D eigenvalue weighted by Crippen LogP contribution is -2.30. The Morgan fingerprint density at radius 2 is 2.00 bits per heavy atom. The van der Waals surface area contributed by atoms with Crippen molar-refractivity contribution in [2.45, 2.75) is 12.2 Å². The number of fused-ring (bicyclic) bond motifs is 1. The van der Waals surface area contributed by atoms with Gasteiger partial charge in [0.15, 0.2) is 0 Å². The minimum atomic E-state index is -1.77. The summed E-state index contributed by atoms with van der Waals surface area (Å²) >= 11 is 0. The van der Waals surface area contributed by atoms with Crippen LogP contribution in [0.1, 0.15) is 6.42 Å². The normalized spacial score (nSPS) is 24.5. The van der Waals surface area contributed by atoms with Crippen molar-refractivity contribution in [3.8, 4) is 0 Å². The maximum absolute atomic E-state index is 9.50. The summed E-state index contributed by atoms with van der Waals surface area (Å²) in [5.41, 5.74) is 1.57. The Hall–Kier alpha value is -1.12. The Morgan fingerprint density at radius 1 is 1.17 bits per heavy atom. The first-order chi connectivity index (χ1) is 5.70. The minimum absolute atomic E-state index is 0.590. The Bertz CT molecular complexity index is 317. The van der Waals surface area contributed by atoms with Crippen molar-refractivity contribution in [2.24, 2.45) is 0 Å². The van der Waals surface area contributed by atoms with Crippen molar-refractivity contribution in [2.75, 3.05) is 0 Å². The first-order valence-electron chi connectivity index (χ1n) is 3.91. The lowest BCUT2D eigenvalue weighted by molar-refractivity contribution is -0.0833. The van der Waals surface area contributed by atoms with Crippen LogP contribution in [-0.4, -0.2) is 16.0 Å². The summed E-state index contributed by atoms with van der Waals surface area (Å²) in [5, 5.41) is 19.0. The van der Waals surface area contributed by atoms with Crippen LogP contribution in [0.25, 0.3) is 0 Å². The van der Waals surface area contributed by atoms with Crippen molar-refractivity contribution in [3.05, 3.63) is 47.6 Å². The summed E-state index contributed by atoms with van der Waals surface area (Å²) in [6, 6.07) is 0. The molecule has 0 unspecified atom stereocenters. The van der Waals surface area contributed by atoms with Crippen LogP contribution in [0.2, 0.25) is 0 Å². The number of allylic oxidation sites excluding steroid dienone is 5. The van der Waals surface area contributed by atoms with Crippen LogP contribution >= 0.6 is 0 Å². The summed E-state index contributed by atoms with van der Waals surface area (Å²) < 4.78 is 0. The minimum Gasteiger partial charge on any atom is -0.359 e. The molecule has 0 spiro atoms. The standard InChI is InChI=1S/C10H10O2/c11-10(12)7-3-5-8-4-1-2-6-9(8)10/h1-3,5-7,11-12H,4H2. The second kappa shape index (κ2) is 2.44. The highest BCUT2D eigenvalue weighted by atomic mass is 16.5. The molecule has 2 nitrogen and oxygen atoms in total. The highest BCUT2D eigenvalue weighted by molar-refractivity contribution is 5.49. The van der Waals surface area contributed by atoms with E-state index in [1.165, 1.54) is 6.08 Å². The molecule has 0 heterocycles. The van der Waals surface area contributed by atoms with E-state index in [0.717, 1.165) is 12.0 Å². The molecule has 0 bridgehead atoms. The van der Waals surface area contributed by atoms with Crippen molar-refractivity contribution >= 4 is 0 Å². The van der Waals surface area contributed by atoms with Crippen LogP contribution in [0.4, 0.5) is 0 Å². The van der Waals surface area contributed by atoms with Gasteiger partial charge in [0, 0.05) is 5.57 Å². The van der Waals surface area contributed by atoms with Gasteiger partial charge in [-0.25, -0.2) is 0 Å². The number of aliphatic hydroxyl groups is 2. The zero-order valence-electron chi connectivity index (χ0n) is 6.57. The molecule has 2 heteroatoms. The first-order valence-corrected chi connectivity index (χ1v) is 3.91. The van der Waals surface area contributed by atoms with E-state index in [1.54, 1.807) is 12.2 Å². The third-order valence-corrected chi connectivity index (χ3v) is 2.11. The zero-order chi connectivity index (χ0) is 8.60. The largest absolute Gasteiger partial charge is 0.359 e. The van der Waals surface area contributed by atoms with E-state index in [2.05, 4.69) is 0 Å². The highest BCUT2D eigenvalue weighted by Crippen LogP contribution is 2.31. The molecule has 12 heavy (non-hydrogen) atoms. The fraction of sp³-hybridized carbons (Fsp3) is 0.200. The van der Waals surface area contributed by atoms with Gasteiger partial charge < -0.3 is 10.2 Å². The van der Waals surface area contributed by atoms with Gasteiger partial charge >= 0.3 is 0 Å². The third-order valence-electron chi connectivity index (χ3n) is 2.11. The van der Waals surface area contributed by atoms with Crippen molar-refractivity contribution in [1.29, 1.82) is 0 Å². The Balaban J connectivity index is 2.48. The van der Waals surface area contributed by atoms with E-state index in [-0.39, 0.29) is 0 Å². The number of rotatable bonds is 0. The van der Waals surface area contributed by atoms with Crippen LogP contribution in [-0.2, 0) is 0 Å². The number of hydrogen-bond acceptors (Lipinski definition) is 2.